The number of benzene rings is 1. The summed E-state index contributed by atoms with van der Waals surface area (Å²) in [6, 6.07) is 8.36. The van der Waals surface area contributed by atoms with Gasteiger partial charge in [0.25, 0.3) is 0 Å². The van der Waals surface area contributed by atoms with E-state index in [2.05, 4.69) is 5.32 Å². The smallest absolute Gasteiger partial charge is 0.243 e. The van der Waals surface area contributed by atoms with Crippen molar-refractivity contribution in [2.24, 2.45) is 0 Å². The number of sulfonamides is 1. The second kappa shape index (κ2) is 4.61. The number of carbonyl (C=O) groups excluding carboxylic acids is 1. The molecular formula is C13H16N2O3S. The van der Waals surface area contributed by atoms with Crippen molar-refractivity contribution in [1.29, 1.82) is 0 Å². The van der Waals surface area contributed by atoms with Gasteiger partial charge in [0.2, 0.25) is 15.9 Å². The standard InChI is InChI=1S/C13H16N2O3S/c16-13-7-6-12-11(14-13)8-9-15(12)19(17,18)10-4-2-1-3-5-10/h1-5,11-12H,6-9H2,(H,14,16)/t11-,12-/m1/s1. The van der Waals surface area contributed by atoms with Gasteiger partial charge in [-0.25, -0.2) is 8.42 Å². The predicted molar refractivity (Wildman–Crippen MR) is 69.9 cm³/mol. The van der Waals surface area contributed by atoms with Gasteiger partial charge in [-0.3, -0.25) is 4.79 Å². The highest BCUT2D eigenvalue weighted by Gasteiger charge is 2.43. The molecule has 19 heavy (non-hydrogen) atoms. The van der Waals surface area contributed by atoms with Crippen LogP contribution in [0.4, 0.5) is 0 Å². The third-order valence-corrected chi connectivity index (χ3v) is 5.80. The molecule has 2 aliphatic heterocycles. The predicted octanol–water partition coefficient (Wildman–Crippen LogP) is 0.728. The third-order valence-electron chi connectivity index (χ3n) is 3.86. The quantitative estimate of drug-likeness (QED) is 0.868. The number of nitrogens with zero attached hydrogens (tertiary/aromatic N) is 1. The van der Waals surface area contributed by atoms with E-state index >= 15 is 0 Å². The van der Waals surface area contributed by atoms with Gasteiger partial charge in [0.1, 0.15) is 0 Å². The van der Waals surface area contributed by atoms with E-state index < -0.39 is 10.0 Å². The fourth-order valence-corrected chi connectivity index (χ4v) is 4.65. The van der Waals surface area contributed by atoms with Gasteiger partial charge in [-0.2, -0.15) is 4.31 Å². The average molecular weight is 280 g/mol. The van der Waals surface area contributed by atoms with E-state index in [0.717, 1.165) is 0 Å². The maximum absolute atomic E-state index is 12.6. The van der Waals surface area contributed by atoms with E-state index in [1.165, 1.54) is 0 Å². The van der Waals surface area contributed by atoms with Crippen molar-refractivity contribution in [1.82, 2.24) is 9.62 Å². The van der Waals surface area contributed by atoms with Gasteiger partial charge in [0, 0.05) is 25.0 Å². The molecule has 5 nitrogen and oxygen atoms in total. The van der Waals surface area contributed by atoms with Crippen molar-refractivity contribution >= 4 is 15.9 Å². The van der Waals surface area contributed by atoms with Crippen LogP contribution in [0.5, 0.6) is 0 Å². The fraction of sp³-hybridized carbons (Fsp3) is 0.462. The number of carbonyl (C=O) groups is 1. The van der Waals surface area contributed by atoms with Gasteiger partial charge < -0.3 is 5.32 Å². The third kappa shape index (κ3) is 2.15. The summed E-state index contributed by atoms with van der Waals surface area (Å²) in [6.07, 6.45) is 1.72. The zero-order chi connectivity index (χ0) is 13.5. The first-order valence-corrected chi connectivity index (χ1v) is 7.89. The normalized spacial score (nSPS) is 27.9. The second-order valence-electron chi connectivity index (χ2n) is 5.00. The molecule has 0 bridgehead atoms. The van der Waals surface area contributed by atoms with Crippen LogP contribution in [0.3, 0.4) is 0 Å². The summed E-state index contributed by atoms with van der Waals surface area (Å²) in [6.45, 7) is 0.479. The Kier molecular flexibility index (Phi) is 3.06. The molecule has 6 heteroatoms. The molecule has 1 N–H and O–H groups in total. The Morgan fingerprint density at radius 3 is 2.63 bits per heavy atom. The Bertz CT molecular complexity index is 585. The van der Waals surface area contributed by atoms with Crippen LogP contribution in [0.2, 0.25) is 0 Å². The van der Waals surface area contributed by atoms with E-state index in [1.807, 2.05) is 0 Å². The lowest BCUT2D eigenvalue weighted by molar-refractivity contribution is -0.123. The molecule has 1 aromatic carbocycles. The molecule has 2 aliphatic rings. The highest BCUT2D eigenvalue weighted by atomic mass is 32.2. The summed E-state index contributed by atoms with van der Waals surface area (Å²) < 4.78 is 26.7. The number of hydrogen-bond donors (Lipinski definition) is 1. The molecule has 2 atom stereocenters. The molecule has 2 saturated heterocycles. The Hall–Kier alpha value is -1.40. The zero-order valence-electron chi connectivity index (χ0n) is 10.5. The molecule has 1 aromatic rings. The number of fused-ring (bicyclic) bond motifs is 1. The van der Waals surface area contributed by atoms with E-state index in [4.69, 9.17) is 0 Å². The molecule has 3 rings (SSSR count). The van der Waals surface area contributed by atoms with E-state index in [9.17, 15) is 13.2 Å². The van der Waals surface area contributed by atoms with Crippen LogP contribution in [0.15, 0.2) is 35.2 Å². The SMILES string of the molecule is O=C1CC[C@@H]2[C@@H](CCN2S(=O)(=O)c2ccccc2)N1. The molecule has 0 saturated carbocycles. The van der Waals surface area contributed by atoms with Crippen molar-refractivity contribution in [3.8, 4) is 0 Å². The summed E-state index contributed by atoms with van der Waals surface area (Å²) in [5.41, 5.74) is 0. The Morgan fingerprint density at radius 1 is 1.16 bits per heavy atom. The maximum Gasteiger partial charge on any atom is 0.243 e. The van der Waals surface area contributed by atoms with Crippen molar-refractivity contribution < 1.29 is 13.2 Å². The minimum absolute atomic E-state index is 0.0280. The molecule has 102 valence electrons. The van der Waals surface area contributed by atoms with Gasteiger partial charge in [0.15, 0.2) is 0 Å². The molecule has 0 aliphatic carbocycles. The lowest BCUT2D eigenvalue weighted by Crippen LogP contribution is -2.50. The van der Waals surface area contributed by atoms with Gasteiger partial charge in [-0.05, 0) is 25.0 Å². The van der Waals surface area contributed by atoms with Crippen molar-refractivity contribution in [2.75, 3.05) is 6.54 Å². The number of hydrogen-bond acceptors (Lipinski definition) is 3. The summed E-state index contributed by atoms with van der Waals surface area (Å²) in [5, 5.41) is 2.89. The molecule has 1 amide bonds. The van der Waals surface area contributed by atoms with Crippen LogP contribution >= 0.6 is 0 Å². The fourth-order valence-electron chi connectivity index (χ4n) is 2.92. The molecule has 0 spiro atoms. The zero-order valence-corrected chi connectivity index (χ0v) is 11.3. The monoisotopic (exact) mass is 280 g/mol. The van der Waals surface area contributed by atoms with Crippen LogP contribution in [0.25, 0.3) is 0 Å². The van der Waals surface area contributed by atoms with Gasteiger partial charge in [-0.15, -0.1) is 0 Å². The van der Waals surface area contributed by atoms with Crippen LogP contribution in [0, 0.1) is 0 Å². The summed E-state index contributed by atoms with van der Waals surface area (Å²) >= 11 is 0. The Morgan fingerprint density at radius 2 is 1.89 bits per heavy atom. The molecule has 0 radical (unpaired) electrons. The van der Waals surface area contributed by atoms with E-state index in [1.54, 1.807) is 34.6 Å². The number of amides is 1. The second-order valence-corrected chi connectivity index (χ2v) is 6.89. The lowest BCUT2D eigenvalue weighted by atomic mass is 10.00. The average Bonchev–Trinajstić information content (AvgIpc) is 2.83. The minimum Gasteiger partial charge on any atom is -0.352 e. The molecule has 0 unspecified atom stereocenters. The van der Waals surface area contributed by atoms with E-state index in [0.29, 0.717) is 30.7 Å². The summed E-state index contributed by atoms with van der Waals surface area (Å²) in [4.78, 5) is 11.7. The minimum atomic E-state index is -3.44. The number of rotatable bonds is 2. The van der Waals surface area contributed by atoms with Crippen molar-refractivity contribution in [3.63, 3.8) is 0 Å². The Balaban J connectivity index is 1.89. The number of piperidine rings is 1. The highest BCUT2D eigenvalue weighted by Crippen LogP contribution is 2.30. The summed E-state index contributed by atoms with van der Waals surface area (Å²) in [5.74, 6) is 0.0280. The van der Waals surface area contributed by atoms with Crippen LogP contribution in [-0.4, -0.2) is 37.3 Å². The summed E-state index contributed by atoms with van der Waals surface area (Å²) in [7, 11) is -3.44. The first kappa shape index (κ1) is 12.6. The first-order chi connectivity index (χ1) is 9.09. The van der Waals surface area contributed by atoms with Crippen LogP contribution in [-0.2, 0) is 14.8 Å². The van der Waals surface area contributed by atoms with Crippen molar-refractivity contribution in [3.05, 3.63) is 30.3 Å². The largest absolute Gasteiger partial charge is 0.352 e. The highest BCUT2D eigenvalue weighted by molar-refractivity contribution is 7.89. The maximum atomic E-state index is 12.6. The number of nitrogens with one attached hydrogen (secondary N) is 1. The van der Waals surface area contributed by atoms with Crippen LogP contribution in [0.1, 0.15) is 19.3 Å². The Labute approximate surface area is 112 Å². The van der Waals surface area contributed by atoms with Gasteiger partial charge >= 0.3 is 0 Å². The topological polar surface area (TPSA) is 66.5 Å². The van der Waals surface area contributed by atoms with E-state index in [-0.39, 0.29) is 18.0 Å². The lowest BCUT2D eigenvalue weighted by Gasteiger charge is -2.31. The molecule has 2 fully saturated rings. The van der Waals surface area contributed by atoms with Crippen LogP contribution < -0.4 is 5.32 Å². The molecule has 2 heterocycles. The van der Waals surface area contributed by atoms with Gasteiger partial charge in [0.05, 0.1) is 4.90 Å². The van der Waals surface area contributed by atoms with Crippen molar-refractivity contribution in [2.45, 2.75) is 36.2 Å². The first-order valence-electron chi connectivity index (χ1n) is 6.45. The molecular weight excluding hydrogens is 264 g/mol. The molecule has 0 aromatic heterocycles. The van der Waals surface area contributed by atoms with Gasteiger partial charge in [-0.1, -0.05) is 18.2 Å².